The fourth-order valence-corrected chi connectivity index (χ4v) is 3.72. The molecule has 0 unspecified atom stereocenters. The van der Waals surface area contributed by atoms with Gasteiger partial charge in [-0.05, 0) is 58.6 Å². The number of carbonyl (C=O) groups excluding carboxylic acids is 3. The van der Waals surface area contributed by atoms with Crippen molar-refractivity contribution >= 4 is 17.8 Å². The van der Waals surface area contributed by atoms with Gasteiger partial charge in [-0.25, -0.2) is 0 Å². The SMILES string of the molecule is CC(C)(C)OC(=O)C1(CCCCN2C(=O)c3ccccc3C2=O)CCC1. The van der Waals surface area contributed by atoms with Gasteiger partial charge in [0.15, 0.2) is 0 Å². The molecule has 0 saturated heterocycles. The van der Waals surface area contributed by atoms with Gasteiger partial charge in [0.05, 0.1) is 16.5 Å². The van der Waals surface area contributed by atoms with Crippen molar-refractivity contribution in [1.29, 1.82) is 0 Å². The van der Waals surface area contributed by atoms with Crippen LogP contribution in [0.3, 0.4) is 0 Å². The normalized spacial score (nSPS) is 18.5. The summed E-state index contributed by atoms with van der Waals surface area (Å²) in [5.74, 6) is -0.524. The highest BCUT2D eigenvalue weighted by atomic mass is 16.6. The van der Waals surface area contributed by atoms with Crippen LogP contribution in [0.15, 0.2) is 24.3 Å². The van der Waals surface area contributed by atoms with Gasteiger partial charge >= 0.3 is 5.97 Å². The Morgan fingerprint density at radius 3 is 2.12 bits per heavy atom. The van der Waals surface area contributed by atoms with Crippen molar-refractivity contribution in [2.24, 2.45) is 5.41 Å². The second-order valence-electron chi connectivity index (χ2n) is 8.40. The number of hydrogen-bond acceptors (Lipinski definition) is 4. The van der Waals surface area contributed by atoms with Crippen LogP contribution in [0.2, 0.25) is 0 Å². The fourth-order valence-electron chi connectivity index (χ4n) is 3.72. The summed E-state index contributed by atoms with van der Waals surface area (Å²) in [5.41, 5.74) is 0.137. The van der Waals surface area contributed by atoms with Gasteiger partial charge in [0.25, 0.3) is 11.8 Å². The lowest BCUT2D eigenvalue weighted by Crippen LogP contribution is -2.42. The number of amides is 2. The number of ether oxygens (including phenoxy) is 1. The quantitative estimate of drug-likeness (QED) is 0.439. The van der Waals surface area contributed by atoms with Gasteiger partial charge in [0.1, 0.15) is 5.60 Å². The van der Waals surface area contributed by atoms with Crippen molar-refractivity contribution in [2.75, 3.05) is 6.54 Å². The van der Waals surface area contributed by atoms with Crippen molar-refractivity contribution in [2.45, 2.75) is 64.9 Å². The molecule has 0 radical (unpaired) electrons. The number of carbonyl (C=O) groups is 3. The third-order valence-corrected chi connectivity index (χ3v) is 5.31. The van der Waals surface area contributed by atoms with Crippen LogP contribution in [0, 0.1) is 5.41 Å². The molecule has 140 valence electrons. The van der Waals surface area contributed by atoms with Gasteiger partial charge in [-0.15, -0.1) is 0 Å². The standard InChI is InChI=1S/C21H27NO4/c1-20(2,3)26-19(25)21(12-8-13-21)11-6-7-14-22-17(23)15-9-4-5-10-16(15)18(22)24/h4-5,9-10H,6-8,11-14H2,1-3H3. The van der Waals surface area contributed by atoms with E-state index < -0.39 is 5.60 Å². The van der Waals surface area contributed by atoms with Gasteiger partial charge < -0.3 is 4.74 Å². The zero-order valence-corrected chi connectivity index (χ0v) is 15.8. The van der Waals surface area contributed by atoms with Crippen LogP contribution in [0.25, 0.3) is 0 Å². The molecule has 1 fully saturated rings. The molecule has 2 amide bonds. The van der Waals surface area contributed by atoms with E-state index in [1.165, 1.54) is 4.90 Å². The molecule has 0 bridgehead atoms. The van der Waals surface area contributed by atoms with E-state index in [2.05, 4.69) is 0 Å². The number of benzene rings is 1. The molecule has 3 rings (SSSR count). The first-order valence-corrected chi connectivity index (χ1v) is 9.42. The third-order valence-electron chi connectivity index (χ3n) is 5.31. The number of hydrogen-bond donors (Lipinski definition) is 0. The smallest absolute Gasteiger partial charge is 0.312 e. The molecule has 1 aromatic rings. The Labute approximate surface area is 154 Å². The van der Waals surface area contributed by atoms with Crippen molar-refractivity contribution in [1.82, 2.24) is 4.90 Å². The highest BCUT2D eigenvalue weighted by molar-refractivity contribution is 6.21. The summed E-state index contributed by atoms with van der Waals surface area (Å²) in [5, 5.41) is 0. The van der Waals surface area contributed by atoms with E-state index in [-0.39, 0.29) is 23.2 Å². The summed E-state index contributed by atoms with van der Waals surface area (Å²) in [4.78, 5) is 38.6. The Balaban J connectivity index is 1.52. The van der Waals surface area contributed by atoms with Crippen LogP contribution >= 0.6 is 0 Å². The predicted octanol–water partition coefficient (Wildman–Crippen LogP) is 3.96. The lowest BCUT2D eigenvalue weighted by atomic mass is 9.66. The largest absolute Gasteiger partial charge is 0.460 e. The van der Waals surface area contributed by atoms with Crippen molar-refractivity contribution in [3.8, 4) is 0 Å². The molecule has 0 atom stereocenters. The maximum atomic E-state index is 12.5. The first kappa shape index (κ1) is 18.6. The van der Waals surface area contributed by atoms with E-state index in [1.54, 1.807) is 24.3 Å². The molecule has 0 N–H and O–H groups in total. The number of unbranched alkanes of at least 4 members (excludes halogenated alkanes) is 1. The number of fused-ring (bicyclic) bond motifs is 1. The summed E-state index contributed by atoms with van der Waals surface area (Å²) in [6.07, 6.45) is 5.05. The molecule has 1 aliphatic heterocycles. The average molecular weight is 357 g/mol. The molecule has 1 heterocycles. The van der Waals surface area contributed by atoms with Crippen molar-refractivity contribution in [3.63, 3.8) is 0 Å². The van der Waals surface area contributed by atoms with Gasteiger partial charge in [0, 0.05) is 6.54 Å². The lowest BCUT2D eigenvalue weighted by Gasteiger charge is -2.41. The van der Waals surface area contributed by atoms with Crippen molar-refractivity contribution in [3.05, 3.63) is 35.4 Å². The second kappa shape index (κ2) is 6.86. The lowest BCUT2D eigenvalue weighted by molar-refractivity contribution is -0.174. The minimum Gasteiger partial charge on any atom is -0.460 e. The van der Waals surface area contributed by atoms with E-state index >= 15 is 0 Å². The number of imide groups is 1. The van der Waals surface area contributed by atoms with Gasteiger partial charge in [-0.2, -0.15) is 0 Å². The van der Waals surface area contributed by atoms with Crippen LogP contribution in [-0.4, -0.2) is 34.8 Å². The van der Waals surface area contributed by atoms with Gasteiger partial charge in [-0.3, -0.25) is 19.3 Å². The van der Waals surface area contributed by atoms with E-state index in [0.717, 1.165) is 32.1 Å². The molecule has 5 heteroatoms. The Morgan fingerprint density at radius 2 is 1.65 bits per heavy atom. The zero-order valence-electron chi connectivity index (χ0n) is 15.8. The van der Waals surface area contributed by atoms with Crippen LogP contribution in [0.5, 0.6) is 0 Å². The zero-order chi connectivity index (χ0) is 18.9. The molecular formula is C21H27NO4. The molecule has 26 heavy (non-hydrogen) atoms. The van der Waals surface area contributed by atoms with Gasteiger partial charge in [0.2, 0.25) is 0 Å². The Bertz CT molecular complexity index is 693. The summed E-state index contributed by atoms with van der Waals surface area (Å²) in [7, 11) is 0. The van der Waals surface area contributed by atoms with Crippen LogP contribution in [0.4, 0.5) is 0 Å². The highest BCUT2D eigenvalue weighted by Gasteiger charge is 2.46. The van der Waals surface area contributed by atoms with Gasteiger partial charge in [-0.1, -0.05) is 25.0 Å². The second-order valence-corrected chi connectivity index (χ2v) is 8.40. The third kappa shape index (κ3) is 3.53. The summed E-state index contributed by atoms with van der Waals surface area (Å²) in [6, 6.07) is 6.94. The molecule has 5 nitrogen and oxygen atoms in total. The Hall–Kier alpha value is -2.17. The Kier molecular flexibility index (Phi) is 4.91. The molecule has 2 aliphatic rings. The predicted molar refractivity (Wildman–Crippen MR) is 97.8 cm³/mol. The molecular weight excluding hydrogens is 330 g/mol. The van der Waals surface area contributed by atoms with Crippen LogP contribution in [0.1, 0.15) is 80.0 Å². The maximum Gasteiger partial charge on any atom is 0.312 e. The van der Waals surface area contributed by atoms with Crippen molar-refractivity contribution < 1.29 is 19.1 Å². The topological polar surface area (TPSA) is 63.7 Å². The summed E-state index contributed by atoms with van der Waals surface area (Å²) in [6.45, 7) is 6.06. The fraction of sp³-hybridized carbons (Fsp3) is 0.571. The van der Waals surface area contributed by atoms with Crippen LogP contribution < -0.4 is 0 Å². The van der Waals surface area contributed by atoms with E-state index in [0.29, 0.717) is 24.1 Å². The van der Waals surface area contributed by atoms with E-state index in [9.17, 15) is 14.4 Å². The van der Waals surface area contributed by atoms with E-state index in [4.69, 9.17) is 4.74 Å². The van der Waals surface area contributed by atoms with E-state index in [1.807, 2.05) is 20.8 Å². The summed E-state index contributed by atoms with van der Waals surface area (Å²) < 4.78 is 5.59. The molecule has 1 saturated carbocycles. The molecule has 1 aromatic carbocycles. The minimum absolute atomic E-state index is 0.100. The first-order valence-electron chi connectivity index (χ1n) is 9.42. The maximum absolute atomic E-state index is 12.5. The number of rotatable bonds is 6. The molecule has 0 spiro atoms. The summed E-state index contributed by atoms with van der Waals surface area (Å²) >= 11 is 0. The number of nitrogens with zero attached hydrogens (tertiary/aromatic N) is 1. The first-order chi connectivity index (χ1) is 12.2. The number of esters is 1. The van der Waals surface area contributed by atoms with Crippen LogP contribution in [-0.2, 0) is 9.53 Å². The molecule has 0 aromatic heterocycles. The Morgan fingerprint density at radius 1 is 1.08 bits per heavy atom. The monoisotopic (exact) mass is 357 g/mol. The highest BCUT2D eigenvalue weighted by Crippen LogP contribution is 2.46. The minimum atomic E-state index is -0.472. The molecule has 1 aliphatic carbocycles. The average Bonchev–Trinajstić information content (AvgIpc) is 2.76.